The van der Waals surface area contributed by atoms with Crippen molar-refractivity contribution in [1.29, 1.82) is 0 Å². The summed E-state index contributed by atoms with van der Waals surface area (Å²) in [6.07, 6.45) is 0.721. The van der Waals surface area contributed by atoms with E-state index in [2.05, 4.69) is 15.0 Å². The van der Waals surface area contributed by atoms with Crippen LogP contribution in [0.2, 0.25) is 10.0 Å². The van der Waals surface area contributed by atoms with Crippen LogP contribution in [-0.2, 0) is 11.2 Å². The van der Waals surface area contributed by atoms with Gasteiger partial charge in [-0.05, 0) is 17.7 Å². The van der Waals surface area contributed by atoms with E-state index >= 15 is 0 Å². The van der Waals surface area contributed by atoms with Crippen LogP contribution in [0.15, 0.2) is 18.2 Å². The van der Waals surface area contributed by atoms with Gasteiger partial charge in [-0.3, -0.25) is 4.90 Å². The highest BCUT2D eigenvalue weighted by Gasteiger charge is 2.32. The third-order valence-electron chi connectivity index (χ3n) is 4.48. The molecule has 0 amide bonds. The number of halogens is 2. The molecule has 1 aliphatic rings. The van der Waals surface area contributed by atoms with Crippen molar-refractivity contribution in [3.05, 3.63) is 44.5 Å². The van der Waals surface area contributed by atoms with Crippen molar-refractivity contribution < 1.29 is 9.84 Å². The molecule has 1 atom stereocenters. The molecule has 1 fully saturated rings. The van der Waals surface area contributed by atoms with E-state index in [-0.39, 0.29) is 11.9 Å². The second-order valence-corrected chi connectivity index (χ2v) is 7.94. The van der Waals surface area contributed by atoms with Gasteiger partial charge in [-0.25, -0.2) is 4.98 Å². The lowest BCUT2D eigenvalue weighted by molar-refractivity contribution is 0.0241. The number of rotatable bonds is 4. The molecule has 0 aliphatic carbocycles. The van der Waals surface area contributed by atoms with Gasteiger partial charge in [-0.1, -0.05) is 47.5 Å². The zero-order valence-electron chi connectivity index (χ0n) is 14.2. The fourth-order valence-electron chi connectivity index (χ4n) is 3.18. The summed E-state index contributed by atoms with van der Waals surface area (Å²) < 4.78 is 7.00. The smallest absolute Gasteiger partial charge is 0.230 e. The lowest BCUT2D eigenvalue weighted by atomic mass is 10.0. The van der Waals surface area contributed by atoms with Gasteiger partial charge in [-0.15, -0.1) is 5.10 Å². The van der Waals surface area contributed by atoms with E-state index in [4.69, 9.17) is 27.9 Å². The number of aromatic hydroxyl groups is 1. The normalized spacial score (nSPS) is 17.0. The third-order valence-corrected chi connectivity index (χ3v) is 6.11. The first-order valence-corrected chi connectivity index (χ1v) is 9.99. The van der Waals surface area contributed by atoms with Crippen LogP contribution in [0.4, 0.5) is 0 Å². The average molecular weight is 413 g/mol. The maximum Gasteiger partial charge on any atom is 0.230 e. The predicted octanol–water partition coefficient (Wildman–Crippen LogP) is 3.79. The van der Waals surface area contributed by atoms with Crippen molar-refractivity contribution in [2.75, 3.05) is 26.3 Å². The molecule has 1 N–H and O–H groups in total. The van der Waals surface area contributed by atoms with Gasteiger partial charge in [0.2, 0.25) is 10.8 Å². The molecule has 0 radical (unpaired) electrons. The number of fused-ring (bicyclic) bond motifs is 1. The van der Waals surface area contributed by atoms with Crippen molar-refractivity contribution in [3.63, 3.8) is 0 Å². The summed E-state index contributed by atoms with van der Waals surface area (Å²) in [5, 5.41) is 16.4. The number of aromatic nitrogens is 3. The quantitative estimate of drug-likeness (QED) is 0.705. The van der Waals surface area contributed by atoms with Crippen LogP contribution in [0.3, 0.4) is 0 Å². The zero-order chi connectivity index (χ0) is 18.3. The maximum atomic E-state index is 10.9. The number of thiazole rings is 1. The van der Waals surface area contributed by atoms with E-state index < -0.39 is 0 Å². The molecule has 3 aromatic rings. The first-order valence-electron chi connectivity index (χ1n) is 8.42. The summed E-state index contributed by atoms with van der Waals surface area (Å²) in [6, 6.07) is 5.26. The Hall–Kier alpha value is -1.38. The number of aryl methyl sites for hydroxylation is 1. The van der Waals surface area contributed by atoms with Gasteiger partial charge in [0, 0.05) is 29.6 Å². The Morgan fingerprint density at radius 3 is 2.73 bits per heavy atom. The van der Waals surface area contributed by atoms with Crippen LogP contribution in [0.5, 0.6) is 5.88 Å². The fourth-order valence-corrected chi connectivity index (χ4v) is 4.82. The summed E-state index contributed by atoms with van der Waals surface area (Å²) >= 11 is 14.0. The van der Waals surface area contributed by atoms with E-state index in [0.29, 0.717) is 34.0 Å². The molecule has 1 aromatic carbocycles. The van der Waals surface area contributed by atoms with Crippen molar-refractivity contribution in [2.45, 2.75) is 19.4 Å². The Bertz CT molecular complexity index is 936. The number of nitrogens with zero attached hydrogens (tertiary/aromatic N) is 4. The van der Waals surface area contributed by atoms with Crippen LogP contribution in [-0.4, -0.2) is 50.9 Å². The van der Waals surface area contributed by atoms with Gasteiger partial charge in [-0.2, -0.15) is 4.52 Å². The largest absolute Gasteiger partial charge is 0.492 e. The predicted molar refractivity (Wildman–Crippen MR) is 103 cm³/mol. The summed E-state index contributed by atoms with van der Waals surface area (Å²) in [5.41, 5.74) is 0.897. The third kappa shape index (κ3) is 3.18. The van der Waals surface area contributed by atoms with E-state index in [1.54, 1.807) is 6.07 Å². The van der Waals surface area contributed by atoms with Gasteiger partial charge >= 0.3 is 0 Å². The summed E-state index contributed by atoms with van der Waals surface area (Å²) in [6.45, 7) is 4.77. The van der Waals surface area contributed by atoms with Gasteiger partial charge in [0.15, 0.2) is 5.82 Å². The van der Waals surface area contributed by atoms with Crippen molar-refractivity contribution in [2.24, 2.45) is 0 Å². The lowest BCUT2D eigenvalue weighted by Crippen LogP contribution is -2.39. The minimum Gasteiger partial charge on any atom is -0.492 e. The van der Waals surface area contributed by atoms with Gasteiger partial charge in [0.25, 0.3) is 0 Å². The molecule has 138 valence electrons. The number of benzene rings is 1. The van der Waals surface area contributed by atoms with Crippen LogP contribution >= 0.6 is 34.5 Å². The average Bonchev–Trinajstić information content (AvgIpc) is 3.18. The first-order chi connectivity index (χ1) is 12.6. The Balaban J connectivity index is 1.84. The molecule has 2 aromatic heterocycles. The van der Waals surface area contributed by atoms with Gasteiger partial charge < -0.3 is 9.84 Å². The molecule has 4 rings (SSSR count). The van der Waals surface area contributed by atoms with Crippen LogP contribution < -0.4 is 0 Å². The van der Waals surface area contributed by atoms with E-state index in [0.717, 1.165) is 30.0 Å². The van der Waals surface area contributed by atoms with Crippen molar-refractivity contribution in [3.8, 4) is 5.88 Å². The van der Waals surface area contributed by atoms with E-state index in [1.165, 1.54) is 15.9 Å². The molecule has 0 unspecified atom stereocenters. The highest BCUT2D eigenvalue weighted by atomic mass is 35.5. The molecule has 6 nitrogen and oxygen atoms in total. The topological polar surface area (TPSA) is 62.9 Å². The number of morpholine rings is 1. The molecule has 1 aliphatic heterocycles. The monoisotopic (exact) mass is 412 g/mol. The Kier molecular flexibility index (Phi) is 5.07. The Morgan fingerprint density at radius 2 is 2.08 bits per heavy atom. The standard InChI is InChI=1S/C17H18Cl2N4O2S/c1-2-13-20-17-23(21-13)16(24)15(26-17)14(22-5-7-25-8-6-22)11-4-3-10(18)9-12(11)19/h3-4,9,14,24H,2,5-8H2,1H3/t14-/m0/s1. The minimum atomic E-state index is -0.206. The van der Waals surface area contributed by atoms with Crippen molar-refractivity contribution >= 4 is 39.5 Å². The fraction of sp³-hybridized carbons (Fsp3) is 0.412. The summed E-state index contributed by atoms with van der Waals surface area (Å²) in [4.78, 5) is 8.19. The lowest BCUT2D eigenvalue weighted by Gasteiger charge is -2.34. The molecule has 9 heteroatoms. The molecule has 0 spiro atoms. The summed E-state index contributed by atoms with van der Waals surface area (Å²) in [5.74, 6) is 0.824. The molecular weight excluding hydrogens is 395 g/mol. The Morgan fingerprint density at radius 1 is 1.31 bits per heavy atom. The van der Waals surface area contributed by atoms with Gasteiger partial charge in [0.05, 0.1) is 24.1 Å². The Labute approximate surface area is 164 Å². The van der Waals surface area contributed by atoms with E-state index in [1.807, 2.05) is 19.1 Å². The highest BCUT2D eigenvalue weighted by Crippen LogP contribution is 2.42. The first kappa shape index (κ1) is 18.0. The van der Waals surface area contributed by atoms with Crippen molar-refractivity contribution in [1.82, 2.24) is 19.5 Å². The second kappa shape index (κ2) is 7.32. The highest BCUT2D eigenvalue weighted by molar-refractivity contribution is 7.17. The molecular formula is C17H18Cl2N4O2S. The van der Waals surface area contributed by atoms with Crippen LogP contribution in [0, 0.1) is 0 Å². The van der Waals surface area contributed by atoms with Crippen LogP contribution in [0.25, 0.3) is 4.96 Å². The number of hydrogen-bond donors (Lipinski definition) is 1. The molecule has 3 heterocycles. The van der Waals surface area contributed by atoms with Crippen LogP contribution in [0.1, 0.15) is 29.2 Å². The maximum absolute atomic E-state index is 10.9. The molecule has 0 bridgehead atoms. The summed E-state index contributed by atoms with van der Waals surface area (Å²) in [7, 11) is 0. The molecule has 26 heavy (non-hydrogen) atoms. The number of hydrogen-bond acceptors (Lipinski definition) is 6. The SMILES string of the molecule is CCc1nc2sc([C@H](c3ccc(Cl)cc3Cl)N3CCOCC3)c(O)n2n1. The zero-order valence-corrected chi connectivity index (χ0v) is 16.5. The minimum absolute atomic E-state index is 0.111. The van der Waals surface area contributed by atoms with Gasteiger partial charge in [0.1, 0.15) is 0 Å². The molecule has 1 saturated heterocycles. The number of ether oxygens (including phenoxy) is 1. The second-order valence-electron chi connectivity index (χ2n) is 6.08. The molecule has 0 saturated carbocycles. The van der Waals surface area contributed by atoms with E-state index in [9.17, 15) is 5.11 Å².